The summed E-state index contributed by atoms with van der Waals surface area (Å²) in [6, 6.07) is 8.64. The summed E-state index contributed by atoms with van der Waals surface area (Å²) in [6.45, 7) is 3.59. The minimum atomic E-state index is -0.670. The van der Waals surface area contributed by atoms with Gasteiger partial charge in [0.2, 0.25) is 0 Å². The molecule has 0 saturated carbocycles. The van der Waals surface area contributed by atoms with Crippen LogP contribution in [0.15, 0.2) is 40.0 Å². The summed E-state index contributed by atoms with van der Waals surface area (Å²) >= 11 is 3.48. The van der Waals surface area contributed by atoms with E-state index in [2.05, 4.69) is 21.1 Å². The molecule has 8 heteroatoms. The fourth-order valence-electron chi connectivity index (χ4n) is 2.31. The van der Waals surface area contributed by atoms with Gasteiger partial charge in [0.05, 0.1) is 14.2 Å². The first-order valence-corrected chi connectivity index (χ1v) is 8.80. The third kappa shape index (κ3) is 5.37. The lowest BCUT2D eigenvalue weighted by Gasteiger charge is -2.10. The maximum atomic E-state index is 11.8. The summed E-state index contributed by atoms with van der Waals surface area (Å²) < 4.78 is 16.8. The highest BCUT2D eigenvalue weighted by molar-refractivity contribution is 9.10. The van der Waals surface area contributed by atoms with E-state index >= 15 is 0 Å². The van der Waals surface area contributed by atoms with Crippen molar-refractivity contribution in [2.24, 2.45) is 10.9 Å². The number of nitrogens with two attached hydrogens (primary N) is 1. The first kappa shape index (κ1) is 20.6. The number of halogens is 1. The summed E-state index contributed by atoms with van der Waals surface area (Å²) in [5.41, 5.74) is 8.40. The second kappa shape index (κ2) is 9.27. The Labute approximate surface area is 166 Å². The monoisotopic (exact) mass is 436 g/mol. The van der Waals surface area contributed by atoms with Gasteiger partial charge in [0.25, 0.3) is 0 Å². The second-order valence-corrected chi connectivity index (χ2v) is 6.46. The molecule has 0 saturated heterocycles. The Bertz CT molecular complexity index is 844. The standard InChI is InChI=1S/C19H21BrN2O5/c1-11-7-14(8-12(2)18(11)20)26-10-17(23)27-22-19(21)13-5-6-15(24-3)16(9-13)25-4/h5-9H,10H2,1-4H3,(H2,21,22). The van der Waals surface area contributed by atoms with Crippen LogP contribution >= 0.6 is 15.9 Å². The highest BCUT2D eigenvalue weighted by Gasteiger charge is 2.10. The van der Waals surface area contributed by atoms with Crippen molar-refractivity contribution in [3.8, 4) is 17.2 Å². The SMILES string of the molecule is COc1ccc(C(N)=NOC(=O)COc2cc(C)c(Br)c(C)c2)cc1OC. The number of aryl methyl sites for hydroxylation is 2. The molecule has 144 valence electrons. The lowest BCUT2D eigenvalue weighted by atomic mass is 10.1. The molecule has 2 aromatic carbocycles. The van der Waals surface area contributed by atoms with Crippen molar-refractivity contribution in [3.63, 3.8) is 0 Å². The molecule has 0 aromatic heterocycles. The lowest BCUT2D eigenvalue weighted by Crippen LogP contribution is -2.18. The smallest absolute Gasteiger partial charge is 0.372 e. The summed E-state index contributed by atoms with van der Waals surface area (Å²) in [7, 11) is 3.04. The van der Waals surface area contributed by atoms with Crippen molar-refractivity contribution >= 4 is 27.7 Å². The van der Waals surface area contributed by atoms with E-state index < -0.39 is 5.97 Å². The predicted molar refractivity (Wildman–Crippen MR) is 105 cm³/mol. The first-order valence-electron chi connectivity index (χ1n) is 8.01. The third-order valence-corrected chi connectivity index (χ3v) is 4.94. The van der Waals surface area contributed by atoms with Crippen molar-refractivity contribution in [3.05, 3.63) is 51.5 Å². The summed E-state index contributed by atoms with van der Waals surface area (Å²) in [6.07, 6.45) is 0. The zero-order chi connectivity index (χ0) is 20.0. The number of methoxy groups -OCH3 is 2. The quantitative estimate of drug-likeness (QED) is 0.309. The number of hydrogen-bond donors (Lipinski definition) is 1. The van der Waals surface area contributed by atoms with E-state index in [0.717, 1.165) is 15.6 Å². The van der Waals surface area contributed by atoms with Crippen LogP contribution in [-0.2, 0) is 9.63 Å². The van der Waals surface area contributed by atoms with Gasteiger partial charge in [-0.1, -0.05) is 21.1 Å². The van der Waals surface area contributed by atoms with Gasteiger partial charge < -0.3 is 24.8 Å². The molecule has 0 bridgehead atoms. The van der Waals surface area contributed by atoms with Gasteiger partial charge in [0.1, 0.15) is 5.75 Å². The molecule has 0 radical (unpaired) electrons. The van der Waals surface area contributed by atoms with Crippen LogP contribution < -0.4 is 19.9 Å². The molecule has 0 atom stereocenters. The number of rotatable bonds is 7. The van der Waals surface area contributed by atoms with Gasteiger partial charge >= 0.3 is 5.97 Å². The summed E-state index contributed by atoms with van der Waals surface area (Å²) in [4.78, 5) is 16.7. The molecule has 7 nitrogen and oxygen atoms in total. The molecule has 2 rings (SSSR count). The van der Waals surface area contributed by atoms with E-state index in [0.29, 0.717) is 22.8 Å². The Morgan fingerprint density at radius 3 is 2.30 bits per heavy atom. The predicted octanol–water partition coefficient (Wildman–Crippen LogP) is 3.33. The molecular formula is C19H21BrN2O5. The molecule has 2 N–H and O–H groups in total. The molecule has 0 heterocycles. The fraction of sp³-hybridized carbons (Fsp3) is 0.263. The molecule has 0 unspecified atom stereocenters. The van der Waals surface area contributed by atoms with Gasteiger partial charge in [0, 0.05) is 10.0 Å². The number of amidine groups is 1. The normalized spacial score (nSPS) is 11.1. The van der Waals surface area contributed by atoms with Gasteiger partial charge in [-0.2, -0.15) is 0 Å². The van der Waals surface area contributed by atoms with Gasteiger partial charge in [-0.15, -0.1) is 0 Å². The average Bonchev–Trinajstić information content (AvgIpc) is 2.67. The van der Waals surface area contributed by atoms with Crippen LogP contribution in [0.1, 0.15) is 16.7 Å². The topological polar surface area (TPSA) is 92.4 Å². The van der Waals surface area contributed by atoms with E-state index in [1.54, 1.807) is 18.2 Å². The maximum absolute atomic E-state index is 11.8. The Kier molecular flexibility index (Phi) is 7.06. The van der Waals surface area contributed by atoms with Crippen molar-refractivity contribution in [2.75, 3.05) is 20.8 Å². The number of oxime groups is 1. The van der Waals surface area contributed by atoms with Gasteiger partial charge in [-0.05, 0) is 55.3 Å². The number of nitrogens with zero attached hydrogens (tertiary/aromatic N) is 1. The minimum Gasteiger partial charge on any atom is -0.493 e. The van der Waals surface area contributed by atoms with Crippen molar-refractivity contribution in [1.82, 2.24) is 0 Å². The number of hydrogen-bond acceptors (Lipinski definition) is 6. The van der Waals surface area contributed by atoms with Crippen LogP contribution in [0.25, 0.3) is 0 Å². The lowest BCUT2D eigenvalue weighted by molar-refractivity contribution is -0.146. The van der Waals surface area contributed by atoms with Crippen LogP contribution in [0.3, 0.4) is 0 Å². The summed E-state index contributed by atoms with van der Waals surface area (Å²) in [5.74, 6) is 0.974. The van der Waals surface area contributed by atoms with Gasteiger partial charge in [-0.3, -0.25) is 0 Å². The largest absolute Gasteiger partial charge is 0.493 e. The van der Waals surface area contributed by atoms with Crippen LogP contribution in [0.2, 0.25) is 0 Å². The number of ether oxygens (including phenoxy) is 3. The molecule has 0 aliphatic heterocycles. The first-order chi connectivity index (χ1) is 12.8. The van der Waals surface area contributed by atoms with Crippen molar-refractivity contribution in [2.45, 2.75) is 13.8 Å². The zero-order valence-corrected chi connectivity index (χ0v) is 17.1. The zero-order valence-electron chi connectivity index (χ0n) is 15.5. The van der Waals surface area contributed by atoms with Crippen LogP contribution in [-0.4, -0.2) is 32.6 Å². The average molecular weight is 437 g/mol. The third-order valence-electron chi connectivity index (χ3n) is 3.69. The fourth-order valence-corrected chi connectivity index (χ4v) is 2.54. The van der Waals surface area contributed by atoms with E-state index in [4.69, 9.17) is 24.8 Å². The molecule has 0 fully saturated rings. The number of benzene rings is 2. The number of carbonyl (C=O) groups excluding carboxylic acids is 1. The molecule has 27 heavy (non-hydrogen) atoms. The second-order valence-electron chi connectivity index (χ2n) is 5.67. The molecule has 2 aromatic rings. The molecular weight excluding hydrogens is 416 g/mol. The molecule has 0 aliphatic carbocycles. The van der Waals surface area contributed by atoms with Crippen molar-refractivity contribution in [1.29, 1.82) is 0 Å². The Balaban J connectivity index is 1.97. The van der Waals surface area contributed by atoms with E-state index in [9.17, 15) is 4.79 Å². The van der Waals surface area contributed by atoms with Gasteiger partial charge in [0.15, 0.2) is 23.9 Å². The van der Waals surface area contributed by atoms with Crippen molar-refractivity contribution < 1.29 is 23.8 Å². The molecule has 0 spiro atoms. The Morgan fingerprint density at radius 2 is 1.70 bits per heavy atom. The Morgan fingerprint density at radius 1 is 1.07 bits per heavy atom. The van der Waals surface area contributed by atoms with E-state index in [1.165, 1.54) is 14.2 Å². The maximum Gasteiger partial charge on any atom is 0.372 e. The molecule has 0 amide bonds. The minimum absolute atomic E-state index is 0.0274. The van der Waals surface area contributed by atoms with E-state index in [-0.39, 0.29) is 12.4 Å². The summed E-state index contributed by atoms with van der Waals surface area (Å²) in [5, 5.41) is 3.65. The van der Waals surface area contributed by atoms with E-state index in [1.807, 2.05) is 26.0 Å². The number of carbonyl (C=O) groups is 1. The van der Waals surface area contributed by atoms with Crippen LogP contribution in [0.4, 0.5) is 0 Å². The highest BCUT2D eigenvalue weighted by Crippen LogP contribution is 2.28. The Hall–Kier alpha value is -2.74. The molecule has 0 aliphatic rings. The van der Waals surface area contributed by atoms with Gasteiger partial charge in [-0.25, -0.2) is 4.79 Å². The van der Waals surface area contributed by atoms with Crippen LogP contribution in [0.5, 0.6) is 17.2 Å². The highest BCUT2D eigenvalue weighted by atomic mass is 79.9. The van der Waals surface area contributed by atoms with Crippen LogP contribution in [0, 0.1) is 13.8 Å².